The highest BCUT2D eigenvalue weighted by Crippen LogP contribution is 2.37. The van der Waals surface area contributed by atoms with Gasteiger partial charge in [0.05, 0.1) is 70.7 Å². The number of aromatic nitrogens is 4. The Kier molecular flexibility index (Phi) is 13.3. The number of carbonyl (C=O) groups excluding carboxylic acids is 1. The van der Waals surface area contributed by atoms with E-state index >= 15 is 0 Å². The van der Waals surface area contributed by atoms with E-state index in [1.165, 1.54) is 18.2 Å². The Bertz CT molecular complexity index is 2660. The summed E-state index contributed by atoms with van der Waals surface area (Å²) >= 11 is 12.5. The molecule has 0 bridgehead atoms. The molecular formula is C44H42Cl2N8O6. The number of aryl methyl sites for hydroxylation is 2. The maximum absolute atomic E-state index is 12.8. The minimum absolute atomic E-state index is 0.307. The topological polar surface area (TPSA) is 168 Å². The van der Waals surface area contributed by atoms with E-state index in [1.807, 2.05) is 43.3 Å². The van der Waals surface area contributed by atoms with Crippen LogP contribution in [0, 0.1) is 13.8 Å². The predicted octanol–water partition coefficient (Wildman–Crippen LogP) is 9.84. The van der Waals surface area contributed by atoms with Crippen molar-refractivity contribution in [3.63, 3.8) is 0 Å². The van der Waals surface area contributed by atoms with Crippen LogP contribution in [-0.2, 0) is 11.3 Å². The molecule has 1 saturated heterocycles. The minimum Gasteiger partial charge on any atom is -0.493 e. The Morgan fingerprint density at radius 3 is 1.97 bits per heavy atom. The first-order valence-corrected chi connectivity index (χ1v) is 19.6. The van der Waals surface area contributed by atoms with Crippen molar-refractivity contribution in [2.45, 2.75) is 20.4 Å². The SMILES string of the molecule is COc1cc2ncnc(Oc3ccc(NC(=O)Nc4ccccc4CN4CCOCC4)c(Cl)c3)c2cc1OC.Cc1cc2ncnc(Oc3ccc(N)c(Cl)c3)c2cc1C. The van der Waals surface area contributed by atoms with Crippen LogP contribution in [0.1, 0.15) is 16.7 Å². The second-order valence-electron chi connectivity index (χ2n) is 13.7. The fourth-order valence-electron chi connectivity index (χ4n) is 6.33. The lowest BCUT2D eigenvalue weighted by Crippen LogP contribution is -2.36. The monoisotopic (exact) mass is 848 g/mol. The molecule has 60 heavy (non-hydrogen) atoms. The molecule has 14 nitrogen and oxygen atoms in total. The summed E-state index contributed by atoms with van der Waals surface area (Å²) in [4.78, 5) is 32.2. The van der Waals surface area contributed by atoms with Crippen molar-refractivity contribution in [2.24, 2.45) is 0 Å². The number of morpholine rings is 1. The van der Waals surface area contributed by atoms with Gasteiger partial charge in [-0.05, 0) is 79.1 Å². The Balaban J connectivity index is 0.000000218. The van der Waals surface area contributed by atoms with Gasteiger partial charge in [0.1, 0.15) is 24.2 Å². The first kappa shape index (κ1) is 41.7. The number of nitrogens with zero attached hydrogens (tertiary/aromatic N) is 5. The zero-order valence-corrected chi connectivity index (χ0v) is 34.8. The average molecular weight is 850 g/mol. The van der Waals surface area contributed by atoms with Crippen molar-refractivity contribution in [3.8, 4) is 34.8 Å². The summed E-state index contributed by atoms with van der Waals surface area (Å²) in [5.74, 6) is 2.94. The molecule has 0 unspecified atom stereocenters. The zero-order chi connectivity index (χ0) is 42.2. The van der Waals surface area contributed by atoms with Crippen LogP contribution in [0.5, 0.6) is 34.8 Å². The van der Waals surface area contributed by atoms with Crippen LogP contribution < -0.4 is 35.3 Å². The first-order chi connectivity index (χ1) is 29.1. The molecule has 0 radical (unpaired) electrons. The van der Waals surface area contributed by atoms with Gasteiger partial charge in [-0.1, -0.05) is 41.4 Å². The summed E-state index contributed by atoms with van der Waals surface area (Å²) in [7, 11) is 3.11. The third kappa shape index (κ3) is 10.0. The number of anilines is 3. The van der Waals surface area contributed by atoms with Gasteiger partial charge in [0.15, 0.2) is 11.5 Å². The van der Waals surface area contributed by atoms with Gasteiger partial charge in [-0.3, -0.25) is 4.90 Å². The van der Waals surface area contributed by atoms with Gasteiger partial charge in [-0.15, -0.1) is 0 Å². The summed E-state index contributed by atoms with van der Waals surface area (Å²) < 4.78 is 28.0. The molecule has 1 fully saturated rings. The number of benzene rings is 5. The van der Waals surface area contributed by atoms with Gasteiger partial charge >= 0.3 is 6.03 Å². The minimum atomic E-state index is -0.400. The molecule has 0 spiro atoms. The lowest BCUT2D eigenvalue weighted by molar-refractivity contribution is 0.0343. The third-order valence-corrected chi connectivity index (χ3v) is 10.3. The van der Waals surface area contributed by atoms with Crippen LogP contribution in [0.4, 0.5) is 21.9 Å². The van der Waals surface area contributed by atoms with Crippen molar-refractivity contribution in [1.29, 1.82) is 0 Å². The summed E-state index contributed by atoms with van der Waals surface area (Å²) in [5, 5.41) is 8.02. The number of ether oxygens (including phenoxy) is 5. The van der Waals surface area contributed by atoms with Crippen molar-refractivity contribution in [2.75, 3.05) is 56.9 Å². The van der Waals surface area contributed by atoms with E-state index in [0.29, 0.717) is 80.3 Å². The highest BCUT2D eigenvalue weighted by atomic mass is 35.5. The Morgan fingerprint density at radius 2 is 1.30 bits per heavy atom. The smallest absolute Gasteiger partial charge is 0.323 e. The largest absolute Gasteiger partial charge is 0.493 e. The summed E-state index contributed by atoms with van der Waals surface area (Å²) in [6.07, 6.45) is 2.90. The molecule has 0 aliphatic carbocycles. The number of nitrogens with two attached hydrogens (primary N) is 1. The average Bonchev–Trinajstić information content (AvgIpc) is 3.25. The molecule has 1 aliphatic rings. The lowest BCUT2D eigenvalue weighted by atomic mass is 10.1. The number of rotatable bonds is 10. The van der Waals surface area contributed by atoms with E-state index in [0.717, 1.165) is 47.4 Å². The molecule has 308 valence electrons. The number of hydrogen-bond donors (Lipinski definition) is 3. The summed E-state index contributed by atoms with van der Waals surface area (Å²) in [6.45, 7) is 7.97. The van der Waals surface area contributed by atoms with Crippen LogP contribution >= 0.6 is 23.2 Å². The fraction of sp³-hybridized carbons (Fsp3) is 0.205. The number of nitrogen functional groups attached to an aromatic ring is 1. The molecular weight excluding hydrogens is 807 g/mol. The number of carbonyl (C=O) groups is 1. The van der Waals surface area contributed by atoms with E-state index < -0.39 is 6.03 Å². The molecule has 3 heterocycles. The highest BCUT2D eigenvalue weighted by molar-refractivity contribution is 6.34. The van der Waals surface area contributed by atoms with Gasteiger partial charge < -0.3 is 40.1 Å². The first-order valence-electron chi connectivity index (χ1n) is 18.8. The van der Waals surface area contributed by atoms with Gasteiger partial charge in [0.2, 0.25) is 11.8 Å². The van der Waals surface area contributed by atoms with E-state index in [2.05, 4.69) is 42.4 Å². The standard InChI is InChI=1S/C28H28ClN5O5.C16H14ClN3O/c1-36-25-14-20-24(15-26(25)37-2)30-17-31-27(20)39-19-7-8-23(21(29)13-19)33-28(35)32-22-6-4-3-5-18(22)16-34-9-11-38-12-10-34;1-9-5-12-15(6-10(9)2)19-8-20-16(12)21-11-3-4-14(18)13(17)7-11/h3-8,13-15,17H,9-12,16H2,1-2H3,(H2,32,33,35);3-8H,18H2,1-2H3. The summed E-state index contributed by atoms with van der Waals surface area (Å²) in [5.41, 5.74) is 12.2. The molecule has 2 amide bonds. The van der Waals surface area contributed by atoms with E-state index in [1.54, 1.807) is 62.8 Å². The highest BCUT2D eigenvalue weighted by Gasteiger charge is 2.17. The predicted molar refractivity (Wildman–Crippen MR) is 234 cm³/mol. The van der Waals surface area contributed by atoms with Crippen LogP contribution in [0.15, 0.2) is 97.6 Å². The Labute approximate surface area is 356 Å². The van der Waals surface area contributed by atoms with Crippen molar-refractivity contribution in [3.05, 3.63) is 124 Å². The second-order valence-corrected chi connectivity index (χ2v) is 14.5. The molecule has 7 aromatic rings. The maximum atomic E-state index is 12.8. The molecule has 0 saturated carbocycles. The van der Waals surface area contributed by atoms with E-state index in [-0.39, 0.29) is 0 Å². The lowest BCUT2D eigenvalue weighted by Gasteiger charge is -2.27. The second kappa shape index (κ2) is 19.1. The van der Waals surface area contributed by atoms with Crippen molar-refractivity contribution < 1.29 is 28.5 Å². The van der Waals surface area contributed by atoms with E-state index in [4.69, 9.17) is 52.6 Å². The summed E-state index contributed by atoms with van der Waals surface area (Å²) in [6, 6.07) is 25.0. The maximum Gasteiger partial charge on any atom is 0.323 e. The molecule has 4 N–H and O–H groups in total. The van der Waals surface area contributed by atoms with Gasteiger partial charge in [-0.2, -0.15) is 0 Å². The molecule has 2 aromatic heterocycles. The van der Waals surface area contributed by atoms with Crippen LogP contribution in [0.3, 0.4) is 0 Å². The van der Waals surface area contributed by atoms with Crippen LogP contribution in [0.2, 0.25) is 10.0 Å². The Hall–Kier alpha value is -6.45. The number of hydrogen-bond acceptors (Lipinski definition) is 12. The zero-order valence-electron chi connectivity index (χ0n) is 33.3. The number of halogens is 2. The molecule has 5 aromatic carbocycles. The number of nitrogens with one attached hydrogen (secondary N) is 2. The normalized spacial score (nSPS) is 12.6. The molecule has 0 atom stereocenters. The molecule has 1 aliphatic heterocycles. The van der Waals surface area contributed by atoms with Crippen LogP contribution in [0.25, 0.3) is 21.8 Å². The number of amides is 2. The number of fused-ring (bicyclic) bond motifs is 2. The quantitative estimate of drug-likeness (QED) is 0.112. The fourth-order valence-corrected chi connectivity index (χ4v) is 6.71. The third-order valence-electron chi connectivity index (χ3n) is 9.67. The van der Waals surface area contributed by atoms with Crippen molar-refractivity contribution >= 4 is 68.1 Å². The molecule has 8 rings (SSSR count). The molecule has 16 heteroatoms. The van der Waals surface area contributed by atoms with Gasteiger partial charge in [0, 0.05) is 43.5 Å². The van der Waals surface area contributed by atoms with Crippen molar-refractivity contribution in [1.82, 2.24) is 24.8 Å². The van der Waals surface area contributed by atoms with Gasteiger partial charge in [-0.25, -0.2) is 24.7 Å². The number of para-hydroxylation sites is 1. The van der Waals surface area contributed by atoms with Gasteiger partial charge in [0.25, 0.3) is 0 Å². The number of methoxy groups -OCH3 is 2. The van der Waals surface area contributed by atoms with E-state index in [9.17, 15) is 4.79 Å². The Morgan fingerprint density at radius 1 is 0.717 bits per heavy atom. The van der Waals surface area contributed by atoms with Crippen LogP contribution in [-0.4, -0.2) is 71.4 Å². The number of urea groups is 1.